The molecule has 0 unspecified atom stereocenters. The quantitative estimate of drug-likeness (QED) is 0.860. The number of sulfonamides is 1. The van der Waals surface area contributed by atoms with Crippen molar-refractivity contribution in [1.82, 2.24) is 9.62 Å². The largest absolute Gasteiger partial charge is 0.348 e. The average Bonchev–Trinajstić information content (AvgIpc) is 2.35. The van der Waals surface area contributed by atoms with E-state index in [9.17, 15) is 13.2 Å². The van der Waals surface area contributed by atoms with Crippen molar-refractivity contribution in [2.24, 2.45) is 5.92 Å². The predicted octanol–water partition coefficient (Wildman–Crippen LogP) is 2.19. The van der Waals surface area contributed by atoms with E-state index in [1.165, 1.54) is 7.05 Å². The van der Waals surface area contributed by atoms with Crippen LogP contribution < -0.4 is 5.32 Å². The van der Waals surface area contributed by atoms with Crippen LogP contribution in [-0.4, -0.2) is 38.5 Å². The molecular weight excluding hydrogens is 324 g/mol. The molecule has 7 heteroatoms. The van der Waals surface area contributed by atoms with Crippen molar-refractivity contribution >= 4 is 27.5 Å². The fourth-order valence-electron chi connectivity index (χ4n) is 2.46. The fraction of sp³-hybridized carbons (Fsp3) is 0.533. The minimum atomic E-state index is -3.36. The molecule has 1 amide bonds. The van der Waals surface area contributed by atoms with Gasteiger partial charge in [-0.2, -0.15) is 4.31 Å². The third-order valence-electron chi connectivity index (χ3n) is 4.10. The van der Waals surface area contributed by atoms with Crippen molar-refractivity contribution < 1.29 is 13.2 Å². The molecule has 1 aromatic rings. The number of halogens is 1. The molecule has 0 radical (unpaired) electrons. The lowest BCUT2D eigenvalue weighted by Crippen LogP contribution is -2.42. The molecule has 22 heavy (non-hydrogen) atoms. The lowest BCUT2D eigenvalue weighted by molar-refractivity contribution is -0.122. The zero-order valence-corrected chi connectivity index (χ0v) is 14.3. The molecule has 1 N–H and O–H groups in total. The maximum atomic E-state index is 12.2. The SMILES string of the molecule is CN(CC(=O)N[C@@H](c1ccc(Cl)cc1)C1CCC1)S(C)(=O)=O. The maximum absolute atomic E-state index is 12.2. The van der Waals surface area contributed by atoms with Crippen LogP contribution in [0.5, 0.6) is 0 Å². The van der Waals surface area contributed by atoms with Crippen LogP contribution in [0.25, 0.3) is 0 Å². The van der Waals surface area contributed by atoms with Gasteiger partial charge < -0.3 is 5.32 Å². The minimum Gasteiger partial charge on any atom is -0.348 e. The Labute approximate surface area is 136 Å². The fourth-order valence-corrected chi connectivity index (χ4v) is 2.93. The highest BCUT2D eigenvalue weighted by Crippen LogP contribution is 2.37. The summed E-state index contributed by atoms with van der Waals surface area (Å²) in [5, 5.41) is 3.62. The Morgan fingerprint density at radius 2 is 1.95 bits per heavy atom. The van der Waals surface area contributed by atoms with Gasteiger partial charge in [-0.25, -0.2) is 8.42 Å². The first-order chi connectivity index (χ1) is 10.3. The zero-order chi connectivity index (χ0) is 16.3. The monoisotopic (exact) mass is 344 g/mol. The third-order valence-corrected chi connectivity index (χ3v) is 5.61. The summed E-state index contributed by atoms with van der Waals surface area (Å²) in [6.07, 6.45) is 4.38. The zero-order valence-electron chi connectivity index (χ0n) is 12.8. The van der Waals surface area contributed by atoms with E-state index in [1.54, 1.807) is 12.1 Å². The number of nitrogens with zero attached hydrogens (tertiary/aromatic N) is 1. The first-order valence-electron chi connectivity index (χ1n) is 7.23. The van der Waals surface area contributed by atoms with E-state index in [0.29, 0.717) is 10.9 Å². The standard InChI is InChI=1S/C15H21ClN2O3S/c1-18(22(2,20)21)10-14(19)17-15(11-4-3-5-11)12-6-8-13(16)9-7-12/h6-9,11,15H,3-5,10H2,1-2H3,(H,17,19)/t15-/m1/s1. The van der Waals surface area contributed by atoms with E-state index in [0.717, 1.165) is 35.4 Å². The first kappa shape index (κ1) is 17.2. The second-order valence-electron chi connectivity index (χ2n) is 5.81. The number of carbonyl (C=O) groups excluding carboxylic acids is 1. The Morgan fingerprint density at radius 1 is 1.36 bits per heavy atom. The number of hydrogen-bond acceptors (Lipinski definition) is 3. The van der Waals surface area contributed by atoms with E-state index in [1.807, 2.05) is 12.1 Å². The molecule has 0 saturated heterocycles. The molecule has 1 aliphatic carbocycles. The van der Waals surface area contributed by atoms with Crippen LogP contribution in [0.4, 0.5) is 0 Å². The van der Waals surface area contributed by atoms with E-state index >= 15 is 0 Å². The summed E-state index contributed by atoms with van der Waals surface area (Å²) in [6.45, 7) is -0.171. The van der Waals surface area contributed by atoms with Gasteiger partial charge in [0.2, 0.25) is 15.9 Å². The summed E-state index contributed by atoms with van der Waals surface area (Å²) >= 11 is 5.91. The van der Waals surface area contributed by atoms with Gasteiger partial charge in [0, 0.05) is 12.1 Å². The Hall–Kier alpha value is -1.11. The number of rotatable bonds is 6. The summed E-state index contributed by atoms with van der Waals surface area (Å²) in [6, 6.07) is 7.33. The molecule has 1 atom stereocenters. The molecule has 0 aromatic heterocycles. The Kier molecular flexibility index (Phi) is 5.47. The number of nitrogens with one attached hydrogen (secondary N) is 1. The minimum absolute atomic E-state index is 0.0912. The van der Waals surface area contributed by atoms with E-state index in [-0.39, 0.29) is 18.5 Å². The molecule has 1 aromatic carbocycles. The molecule has 0 heterocycles. The molecule has 122 valence electrons. The smallest absolute Gasteiger partial charge is 0.235 e. The molecule has 1 fully saturated rings. The first-order valence-corrected chi connectivity index (χ1v) is 9.46. The Balaban J connectivity index is 2.07. The summed E-state index contributed by atoms with van der Waals surface area (Å²) in [7, 11) is -1.96. The number of likely N-dealkylation sites (N-methyl/N-ethyl adjacent to an activating group) is 1. The molecular formula is C15H21ClN2O3S. The topological polar surface area (TPSA) is 66.5 Å². The Bertz CT molecular complexity index is 627. The van der Waals surface area contributed by atoms with E-state index in [2.05, 4.69) is 5.32 Å². The predicted molar refractivity (Wildman–Crippen MR) is 87.2 cm³/mol. The van der Waals surface area contributed by atoms with Gasteiger partial charge in [-0.15, -0.1) is 0 Å². The highest BCUT2D eigenvalue weighted by Gasteiger charge is 2.30. The second-order valence-corrected chi connectivity index (χ2v) is 8.33. The average molecular weight is 345 g/mol. The molecule has 2 rings (SSSR count). The van der Waals surface area contributed by atoms with Crippen LogP contribution in [0.1, 0.15) is 30.9 Å². The van der Waals surface area contributed by atoms with Crippen molar-refractivity contribution in [3.63, 3.8) is 0 Å². The number of hydrogen-bond donors (Lipinski definition) is 1. The van der Waals surface area contributed by atoms with E-state index in [4.69, 9.17) is 11.6 Å². The normalized spacial score (nSPS) is 17.1. The Morgan fingerprint density at radius 3 is 2.41 bits per heavy atom. The van der Waals surface area contributed by atoms with Gasteiger partial charge in [-0.05, 0) is 36.5 Å². The van der Waals surface area contributed by atoms with Crippen molar-refractivity contribution in [1.29, 1.82) is 0 Å². The molecule has 0 aliphatic heterocycles. The highest BCUT2D eigenvalue weighted by molar-refractivity contribution is 7.88. The van der Waals surface area contributed by atoms with Gasteiger partial charge in [-0.3, -0.25) is 4.79 Å². The number of amides is 1. The highest BCUT2D eigenvalue weighted by atomic mass is 35.5. The summed E-state index contributed by atoms with van der Waals surface area (Å²) in [5.41, 5.74) is 1.00. The van der Waals surface area contributed by atoms with E-state index < -0.39 is 10.0 Å². The molecule has 0 bridgehead atoms. The van der Waals surface area contributed by atoms with Crippen LogP contribution in [0.3, 0.4) is 0 Å². The number of benzene rings is 1. The lowest BCUT2D eigenvalue weighted by atomic mass is 9.77. The lowest BCUT2D eigenvalue weighted by Gasteiger charge is -2.35. The summed E-state index contributed by atoms with van der Waals surface area (Å²) in [4.78, 5) is 12.2. The third kappa shape index (κ3) is 4.44. The van der Waals surface area contributed by atoms with Gasteiger partial charge in [0.25, 0.3) is 0 Å². The van der Waals surface area contributed by atoms with Gasteiger partial charge in [0.1, 0.15) is 0 Å². The van der Waals surface area contributed by atoms with Gasteiger partial charge >= 0.3 is 0 Å². The molecule has 5 nitrogen and oxygen atoms in total. The van der Waals surface area contributed by atoms with Crippen LogP contribution in [0.15, 0.2) is 24.3 Å². The van der Waals surface area contributed by atoms with Crippen LogP contribution in [0, 0.1) is 5.92 Å². The van der Waals surface area contributed by atoms with Crippen LogP contribution in [0.2, 0.25) is 5.02 Å². The molecule has 0 spiro atoms. The summed E-state index contributed by atoms with van der Waals surface area (Å²) in [5.74, 6) is 0.105. The molecule has 1 saturated carbocycles. The van der Waals surface area contributed by atoms with Crippen LogP contribution in [-0.2, 0) is 14.8 Å². The van der Waals surface area contributed by atoms with Crippen molar-refractivity contribution in [3.8, 4) is 0 Å². The van der Waals surface area contributed by atoms with Gasteiger partial charge in [0.05, 0.1) is 18.8 Å². The van der Waals surface area contributed by atoms with Gasteiger partial charge in [0.15, 0.2) is 0 Å². The molecule has 1 aliphatic rings. The number of carbonyl (C=O) groups is 1. The van der Waals surface area contributed by atoms with Crippen molar-refractivity contribution in [3.05, 3.63) is 34.9 Å². The van der Waals surface area contributed by atoms with Gasteiger partial charge in [-0.1, -0.05) is 30.2 Å². The van der Waals surface area contributed by atoms with Crippen molar-refractivity contribution in [2.75, 3.05) is 19.8 Å². The van der Waals surface area contributed by atoms with Crippen molar-refractivity contribution in [2.45, 2.75) is 25.3 Å². The summed E-state index contributed by atoms with van der Waals surface area (Å²) < 4.78 is 23.8. The maximum Gasteiger partial charge on any atom is 0.235 e. The second kappa shape index (κ2) is 6.98. The van der Waals surface area contributed by atoms with Crippen LogP contribution >= 0.6 is 11.6 Å².